The highest BCUT2D eigenvalue weighted by molar-refractivity contribution is 5.71. The Morgan fingerprint density at radius 1 is 0.260 bits per heavy atom. The summed E-state index contributed by atoms with van der Waals surface area (Å²) in [5.74, 6) is -0.847. The Bertz CT molecular complexity index is 1290. The van der Waals surface area contributed by atoms with Gasteiger partial charge in [0.15, 0.2) is 6.10 Å². The quantitative estimate of drug-likeness (QED) is 0.0261. The summed E-state index contributed by atoms with van der Waals surface area (Å²) in [5.41, 5.74) is 0. The van der Waals surface area contributed by atoms with E-state index < -0.39 is 6.10 Å². The van der Waals surface area contributed by atoms with Crippen LogP contribution >= 0.6 is 0 Å². The summed E-state index contributed by atoms with van der Waals surface area (Å²) in [6, 6.07) is 0. The van der Waals surface area contributed by atoms with Crippen molar-refractivity contribution in [2.45, 2.75) is 386 Å². The number of esters is 3. The van der Waals surface area contributed by atoms with E-state index in [1.165, 1.54) is 276 Å². The highest BCUT2D eigenvalue weighted by atomic mass is 16.6. The molecule has 0 aromatic carbocycles. The topological polar surface area (TPSA) is 78.9 Å². The van der Waals surface area contributed by atoms with E-state index in [0.29, 0.717) is 19.3 Å². The standard InChI is InChI=1S/C71H132O6/c1-4-7-10-13-16-19-22-25-28-31-34-35-36-37-38-41-43-46-49-52-55-58-61-64-70(73)76-67-68(77-71(74)65-62-59-56-53-50-47-44-40-33-30-27-24-21-18-15-12-9-6-3)66-75-69(72)63-60-57-54-51-48-45-42-39-32-29-26-23-20-17-14-11-8-5-2/h22,25,30-31,33-34,68H,4-21,23-24,26-29,32,35-67H2,1-3H3/b25-22-,33-30-,34-31-. The Morgan fingerprint density at radius 2 is 0.468 bits per heavy atom. The zero-order valence-electron chi connectivity index (χ0n) is 52.0. The summed E-state index contributed by atoms with van der Waals surface area (Å²) in [6.45, 7) is 6.70. The maximum Gasteiger partial charge on any atom is 0.306 e. The van der Waals surface area contributed by atoms with Crippen LogP contribution < -0.4 is 0 Å². The minimum absolute atomic E-state index is 0.0694. The lowest BCUT2D eigenvalue weighted by Crippen LogP contribution is -2.30. The van der Waals surface area contributed by atoms with Gasteiger partial charge in [-0.05, 0) is 77.0 Å². The summed E-state index contributed by atoms with van der Waals surface area (Å²) >= 11 is 0. The first kappa shape index (κ1) is 74.6. The molecule has 0 saturated carbocycles. The SMILES string of the molecule is CCCCCCC/C=C\C/C=C\CCCCCCCCCCCCCC(=O)OCC(COC(=O)CCCCCCCCCCCCCCCCCCCC)OC(=O)CCCCCCCCC/C=C\CCCCCCCCC. The van der Waals surface area contributed by atoms with Crippen molar-refractivity contribution in [3.63, 3.8) is 0 Å². The van der Waals surface area contributed by atoms with Crippen molar-refractivity contribution in [1.29, 1.82) is 0 Å². The predicted octanol–water partition coefficient (Wildman–Crippen LogP) is 23.6. The van der Waals surface area contributed by atoms with Crippen molar-refractivity contribution in [2.24, 2.45) is 0 Å². The molecule has 0 spiro atoms. The van der Waals surface area contributed by atoms with E-state index in [4.69, 9.17) is 14.2 Å². The molecule has 6 heteroatoms. The monoisotopic (exact) mass is 1080 g/mol. The number of hydrogen-bond acceptors (Lipinski definition) is 6. The van der Waals surface area contributed by atoms with Crippen molar-refractivity contribution in [2.75, 3.05) is 13.2 Å². The first-order valence-corrected chi connectivity index (χ1v) is 34.5. The van der Waals surface area contributed by atoms with Gasteiger partial charge in [-0.3, -0.25) is 14.4 Å². The summed E-state index contributed by atoms with van der Waals surface area (Å²) in [7, 11) is 0. The second-order valence-electron chi connectivity index (χ2n) is 23.4. The molecule has 0 bridgehead atoms. The number of carbonyl (C=O) groups excluding carboxylic acids is 3. The summed E-state index contributed by atoms with van der Waals surface area (Å²) in [6.07, 6.45) is 81.6. The molecule has 0 aliphatic carbocycles. The van der Waals surface area contributed by atoms with E-state index in [9.17, 15) is 14.4 Å². The van der Waals surface area contributed by atoms with Crippen molar-refractivity contribution in [1.82, 2.24) is 0 Å². The van der Waals surface area contributed by atoms with Crippen molar-refractivity contribution >= 4 is 17.9 Å². The van der Waals surface area contributed by atoms with Gasteiger partial charge in [0.05, 0.1) is 0 Å². The van der Waals surface area contributed by atoms with Crippen molar-refractivity contribution in [3.05, 3.63) is 36.5 Å². The Hall–Kier alpha value is -2.37. The molecule has 0 fully saturated rings. The summed E-state index contributed by atoms with van der Waals surface area (Å²) < 4.78 is 17.0. The second kappa shape index (κ2) is 66.1. The van der Waals surface area contributed by atoms with Gasteiger partial charge in [-0.25, -0.2) is 0 Å². The molecule has 0 rings (SSSR count). The molecular formula is C71H132O6. The number of hydrogen-bond donors (Lipinski definition) is 0. The zero-order chi connectivity index (χ0) is 55.7. The fourth-order valence-corrected chi connectivity index (χ4v) is 10.4. The molecule has 6 nitrogen and oxygen atoms in total. The number of carbonyl (C=O) groups is 3. The average molecular weight is 1080 g/mol. The summed E-state index contributed by atoms with van der Waals surface area (Å²) in [5, 5.41) is 0. The van der Waals surface area contributed by atoms with E-state index in [2.05, 4.69) is 57.2 Å². The predicted molar refractivity (Wildman–Crippen MR) is 335 cm³/mol. The van der Waals surface area contributed by atoms with E-state index in [1.807, 2.05) is 0 Å². The molecule has 0 aromatic rings. The third kappa shape index (κ3) is 64.3. The van der Waals surface area contributed by atoms with Crippen molar-refractivity contribution in [3.8, 4) is 0 Å². The van der Waals surface area contributed by atoms with Crippen LogP contribution in [0.25, 0.3) is 0 Å². The highest BCUT2D eigenvalue weighted by Crippen LogP contribution is 2.18. The fourth-order valence-electron chi connectivity index (χ4n) is 10.4. The molecule has 77 heavy (non-hydrogen) atoms. The Morgan fingerprint density at radius 3 is 0.727 bits per heavy atom. The van der Waals surface area contributed by atoms with Gasteiger partial charge in [0.1, 0.15) is 13.2 Å². The van der Waals surface area contributed by atoms with Crippen molar-refractivity contribution < 1.29 is 28.6 Å². The van der Waals surface area contributed by atoms with Gasteiger partial charge in [-0.1, -0.05) is 320 Å². The van der Waals surface area contributed by atoms with Crippen LogP contribution in [0, 0.1) is 0 Å². The number of unbranched alkanes of at least 4 members (excludes halogenated alkanes) is 47. The van der Waals surface area contributed by atoms with Crippen LogP contribution in [0.15, 0.2) is 36.5 Å². The lowest BCUT2D eigenvalue weighted by molar-refractivity contribution is -0.167. The molecule has 0 saturated heterocycles. The molecular weight excluding hydrogens is 949 g/mol. The molecule has 1 unspecified atom stereocenters. The van der Waals surface area contributed by atoms with Gasteiger partial charge in [0.2, 0.25) is 0 Å². The van der Waals surface area contributed by atoms with Gasteiger partial charge >= 0.3 is 17.9 Å². The number of rotatable bonds is 64. The third-order valence-corrected chi connectivity index (χ3v) is 15.6. The molecule has 0 aliphatic heterocycles. The van der Waals surface area contributed by atoms with E-state index in [1.54, 1.807) is 0 Å². The molecule has 0 N–H and O–H groups in total. The molecule has 1 atom stereocenters. The fraction of sp³-hybridized carbons (Fsp3) is 0.873. The first-order chi connectivity index (χ1) is 38.0. The van der Waals surface area contributed by atoms with Crippen LogP contribution in [0.2, 0.25) is 0 Å². The molecule has 0 aromatic heterocycles. The van der Waals surface area contributed by atoms with Gasteiger partial charge in [-0.15, -0.1) is 0 Å². The van der Waals surface area contributed by atoms with Crippen LogP contribution in [0.4, 0.5) is 0 Å². The summed E-state index contributed by atoms with van der Waals surface area (Å²) in [4.78, 5) is 38.4. The molecule has 0 amide bonds. The third-order valence-electron chi connectivity index (χ3n) is 15.6. The van der Waals surface area contributed by atoms with Gasteiger partial charge in [0, 0.05) is 19.3 Å². The number of ether oxygens (including phenoxy) is 3. The average Bonchev–Trinajstić information content (AvgIpc) is 3.43. The van der Waals surface area contributed by atoms with Crippen LogP contribution in [0.5, 0.6) is 0 Å². The van der Waals surface area contributed by atoms with Crippen LogP contribution in [-0.4, -0.2) is 37.2 Å². The first-order valence-electron chi connectivity index (χ1n) is 34.5. The normalized spacial score (nSPS) is 12.2. The maximum atomic E-state index is 12.9. The minimum atomic E-state index is -0.774. The molecule has 452 valence electrons. The second-order valence-corrected chi connectivity index (χ2v) is 23.4. The molecule has 0 radical (unpaired) electrons. The number of allylic oxidation sites excluding steroid dienone is 6. The van der Waals surface area contributed by atoms with Gasteiger partial charge < -0.3 is 14.2 Å². The van der Waals surface area contributed by atoms with E-state index in [0.717, 1.165) is 64.2 Å². The zero-order valence-corrected chi connectivity index (χ0v) is 52.0. The van der Waals surface area contributed by atoms with Crippen LogP contribution in [0.3, 0.4) is 0 Å². The van der Waals surface area contributed by atoms with Crippen LogP contribution in [0.1, 0.15) is 380 Å². The largest absolute Gasteiger partial charge is 0.462 e. The highest BCUT2D eigenvalue weighted by Gasteiger charge is 2.19. The maximum absolute atomic E-state index is 12.9. The smallest absolute Gasteiger partial charge is 0.306 e. The Balaban J connectivity index is 4.31. The Labute approximate surface area is 480 Å². The molecule has 0 aliphatic rings. The molecule has 0 heterocycles. The van der Waals surface area contributed by atoms with Gasteiger partial charge in [-0.2, -0.15) is 0 Å². The lowest BCUT2D eigenvalue weighted by Gasteiger charge is -2.18. The van der Waals surface area contributed by atoms with Gasteiger partial charge in [0.25, 0.3) is 0 Å². The minimum Gasteiger partial charge on any atom is -0.462 e. The van der Waals surface area contributed by atoms with Crippen LogP contribution in [-0.2, 0) is 28.6 Å². The van der Waals surface area contributed by atoms with E-state index in [-0.39, 0.29) is 31.1 Å². The van der Waals surface area contributed by atoms with E-state index >= 15 is 0 Å². The lowest BCUT2D eigenvalue weighted by atomic mass is 10.0. The Kier molecular flexibility index (Phi) is 64.1.